The number of aliphatic carboxylic acids is 1. The van der Waals surface area contributed by atoms with Crippen LogP contribution >= 0.6 is 13.5 Å². The molecular weight excluding hydrogens is 512 g/mol. The van der Waals surface area contributed by atoms with Crippen molar-refractivity contribution in [3.05, 3.63) is 101 Å². The number of piperidine rings is 1. The van der Waals surface area contributed by atoms with Gasteiger partial charge in [0.15, 0.2) is 0 Å². The fourth-order valence-corrected chi connectivity index (χ4v) is 6.03. The van der Waals surface area contributed by atoms with Crippen LogP contribution in [0.1, 0.15) is 58.6 Å². The van der Waals surface area contributed by atoms with Crippen LogP contribution in [-0.4, -0.2) is 54.0 Å². The number of carbonyl (C=O) groups is 3. The van der Waals surface area contributed by atoms with Crippen molar-refractivity contribution >= 4 is 31.3 Å². The van der Waals surface area contributed by atoms with E-state index in [1.807, 2.05) is 65.6 Å². The molecule has 1 aliphatic heterocycles. The number of hydrogen-bond acceptors (Lipinski definition) is 4. The molecule has 2 aliphatic rings. The standard InChI is InChI=1S/C31H32N2O5.H2S/c1-38-27-14-8-6-12-25(27)28(34)32-22-16-19-33(20-17-22)29(35)24-15-18-31(30(36)37,21-9-3-2-4-10-21)26-13-7-5-11-23(24)26;/h2-14,22,24H,15-20H2,1H3,(H,32,34)(H,36,37);1H2/t24-,31+;/m1./s1. The molecule has 3 aromatic carbocycles. The highest BCUT2D eigenvalue weighted by Crippen LogP contribution is 2.47. The molecule has 7 nitrogen and oxygen atoms in total. The molecule has 0 spiro atoms. The normalized spacial score (nSPS) is 20.7. The Morgan fingerprint density at radius 2 is 1.54 bits per heavy atom. The fourth-order valence-electron chi connectivity index (χ4n) is 6.03. The minimum absolute atomic E-state index is 0. The van der Waals surface area contributed by atoms with Crippen molar-refractivity contribution in [1.82, 2.24) is 10.2 Å². The summed E-state index contributed by atoms with van der Waals surface area (Å²) in [5, 5.41) is 13.5. The van der Waals surface area contributed by atoms with E-state index in [0.29, 0.717) is 55.6 Å². The van der Waals surface area contributed by atoms with Gasteiger partial charge in [-0.15, -0.1) is 0 Å². The molecule has 8 heteroatoms. The zero-order valence-electron chi connectivity index (χ0n) is 21.9. The van der Waals surface area contributed by atoms with Gasteiger partial charge in [-0.2, -0.15) is 13.5 Å². The van der Waals surface area contributed by atoms with E-state index in [9.17, 15) is 19.5 Å². The summed E-state index contributed by atoms with van der Waals surface area (Å²) < 4.78 is 5.31. The second kappa shape index (κ2) is 11.9. The lowest BCUT2D eigenvalue weighted by molar-refractivity contribution is -0.144. The maximum absolute atomic E-state index is 13.7. The SMILES string of the molecule is COc1ccccc1C(=O)NC1CCN(C(=O)[C@@H]2CC[C@](C(=O)O)(c3ccccc3)c3ccccc32)CC1.S. The van der Waals surface area contributed by atoms with Crippen LogP contribution in [0.15, 0.2) is 78.9 Å². The molecule has 1 aliphatic carbocycles. The van der Waals surface area contributed by atoms with Gasteiger partial charge in [0.05, 0.1) is 18.6 Å². The molecule has 2 atom stereocenters. The minimum Gasteiger partial charge on any atom is -0.496 e. The third-order valence-corrected chi connectivity index (χ3v) is 8.03. The Kier molecular flexibility index (Phi) is 8.65. The van der Waals surface area contributed by atoms with Gasteiger partial charge in [-0.05, 0) is 54.5 Å². The molecule has 5 rings (SSSR count). The summed E-state index contributed by atoms with van der Waals surface area (Å²) in [6.07, 6.45) is 2.13. The topological polar surface area (TPSA) is 95.9 Å². The Morgan fingerprint density at radius 1 is 0.897 bits per heavy atom. The molecule has 0 radical (unpaired) electrons. The Hall–Kier alpha value is -3.78. The number of para-hydroxylation sites is 1. The molecule has 0 bridgehead atoms. The first-order chi connectivity index (χ1) is 18.5. The van der Waals surface area contributed by atoms with Crippen LogP contribution < -0.4 is 10.1 Å². The second-order valence-corrected chi connectivity index (χ2v) is 10.0. The number of carbonyl (C=O) groups excluding carboxylic acids is 2. The zero-order valence-corrected chi connectivity index (χ0v) is 22.9. The average molecular weight is 547 g/mol. The van der Waals surface area contributed by atoms with Gasteiger partial charge in [-0.1, -0.05) is 66.7 Å². The number of methoxy groups -OCH3 is 1. The van der Waals surface area contributed by atoms with Crippen molar-refractivity contribution in [2.75, 3.05) is 20.2 Å². The molecule has 0 aromatic heterocycles. The number of rotatable bonds is 6. The number of amides is 2. The Morgan fingerprint density at radius 3 is 2.23 bits per heavy atom. The Bertz CT molecular complexity index is 1340. The van der Waals surface area contributed by atoms with Gasteiger partial charge in [-0.3, -0.25) is 14.4 Å². The summed E-state index contributed by atoms with van der Waals surface area (Å²) in [5.74, 6) is -0.907. The van der Waals surface area contributed by atoms with Crippen molar-refractivity contribution < 1.29 is 24.2 Å². The van der Waals surface area contributed by atoms with Gasteiger partial charge >= 0.3 is 5.97 Å². The van der Waals surface area contributed by atoms with E-state index in [4.69, 9.17) is 4.74 Å². The fraction of sp³-hybridized carbons (Fsp3) is 0.323. The molecule has 39 heavy (non-hydrogen) atoms. The lowest BCUT2D eigenvalue weighted by Crippen LogP contribution is -2.49. The summed E-state index contributed by atoms with van der Waals surface area (Å²) >= 11 is 0. The van der Waals surface area contributed by atoms with Crippen molar-refractivity contribution in [3.8, 4) is 5.75 Å². The van der Waals surface area contributed by atoms with Crippen LogP contribution in [0.2, 0.25) is 0 Å². The first-order valence-electron chi connectivity index (χ1n) is 13.1. The lowest BCUT2D eigenvalue weighted by atomic mass is 9.63. The van der Waals surface area contributed by atoms with Gasteiger partial charge in [0, 0.05) is 19.1 Å². The summed E-state index contributed by atoms with van der Waals surface area (Å²) in [6.45, 7) is 1.08. The number of likely N-dealkylation sites (tertiary alicyclic amines) is 1. The molecule has 1 heterocycles. The molecule has 2 N–H and O–H groups in total. The molecule has 1 fully saturated rings. The van der Waals surface area contributed by atoms with Crippen LogP contribution in [0, 0.1) is 0 Å². The van der Waals surface area contributed by atoms with Crippen molar-refractivity contribution in [2.45, 2.75) is 43.1 Å². The number of carboxylic acid groups (broad SMARTS) is 1. The highest BCUT2D eigenvalue weighted by atomic mass is 32.1. The molecule has 1 saturated heterocycles. The third-order valence-electron chi connectivity index (χ3n) is 8.03. The lowest BCUT2D eigenvalue weighted by Gasteiger charge is -2.41. The van der Waals surface area contributed by atoms with E-state index in [-0.39, 0.29) is 37.3 Å². The number of nitrogens with zero attached hydrogens (tertiary/aromatic N) is 1. The van der Waals surface area contributed by atoms with E-state index in [0.717, 1.165) is 11.1 Å². The maximum Gasteiger partial charge on any atom is 0.318 e. The monoisotopic (exact) mass is 546 g/mol. The minimum atomic E-state index is -1.18. The largest absolute Gasteiger partial charge is 0.496 e. The van der Waals surface area contributed by atoms with E-state index >= 15 is 0 Å². The predicted molar refractivity (Wildman–Crippen MR) is 154 cm³/mol. The van der Waals surface area contributed by atoms with Crippen LogP contribution in [-0.2, 0) is 15.0 Å². The zero-order chi connectivity index (χ0) is 26.7. The second-order valence-electron chi connectivity index (χ2n) is 10.0. The Balaban J connectivity index is 0.00000353. The number of carboxylic acids is 1. The Labute approximate surface area is 235 Å². The van der Waals surface area contributed by atoms with E-state index in [1.54, 1.807) is 25.3 Å². The number of nitrogens with one attached hydrogen (secondary N) is 1. The van der Waals surface area contributed by atoms with Gasteiger partial charge in [0.1, 0.15) is 11.2 Å². The molecular formula is C31H34N2O5S. The van der Waals surface area contributed by atoms with Crippen LogP contribution in [0.3, 0.4) is 0 Å². The quantitative estimate of drug-likeness (QED) is 0.476. The highest BCUT2D eigenvalue weighted by molar-refractivity contribution is 7.59. The summed E-state index contributed by atoms with van der Waals surface area (Å²) in [5.41, 5.74) is 1.54. The smallest absolute Gasteiger partial charge is 0.318 e. The average Bonchev–Trinajstić information content (AvgIpc) is 2.97. The number of ether oxygens (including phenoxy) is 1. The first-order valence-corrected chi connectivity index (χ1v) is 13.1. The molecule has 2 amide bonds. The van der Waals surface area contributed by atoms with Crippen molar-refractivity contribution in [1.29, 1.82) is 0 Å². The van der Waals surface area contributed by atoms with Crippen molar-refractivity contribution in [2.24, 2.45) is 0 Å². The third kappa shape index (κ3) is 5.26. The summed E-state index contributed by atoms with van der Waals surface area (Å²) in [6, 6.07) is 23.9. The number of fused-ring (bicyclic) bond motifs is 1. The highest BCUT2D eigenvalue weighted by Gasteiger charge is 2.49. The predicted octanol–water partition coefficient (Wildman–Crippen LogP) is 4.48. The number of hydrogen-bond donors (Lipinski definition) is 2. The first kappa shape index (κ1) is 28.2. The number of benzene rings is 3. The van der Waals surface area contributed by atoms with Crippen LogP contribution in [0.5, 0.6) is 5.75 Å². The van der Waals surface area contributed by atoms with Gasteiger partial charge < -0.3 is 20.1 Å². The summed E-state index contributed by atoms with van der Waals surface area (Å²) in [7, 11) is 1.54. The van der Waals surface area contributed by atoms with Gasteiger partial charge in [-0.25, -0.2) is 0 Å². The summed E-state index contributed by atoms with van der Waals surface area (Å²) in [4.78, 5) is 41.2. The molecule has 3 aromatic rings. The van der Waals surface area contributed by atoms with E-state index in [2.05, 4.69) is 5.32 Å². The molecule has 204 valence electrons. The van der Waals surface area contributed by atoms with Crippen molar-refractivity contribution in [3.63, 3.8) is 0 Å². The van der Waals surface area contributed by atoms with Crippen LogP contribution in [0.25, 0.3) is 0 Å². The van der Waals surface area contributed by atoms with Gasteiger partial charge in [0.25, 0.3) is 5.91 Å². The van der Waals surface area contributed by atoms with Gasteiger partial charge in [0.2, 0.25) is 5.91 Å². The van der Waals surface area contributed by atoms with Crippen LogP contribution in [0.4, 0.5) is 0 Å². The van der Waals surface area contributed by atoms with E-state index in [1.165, 1.54) is 0 Å². The molecule has 0 unspecified atom stereocenters. The van der Waals surface area contributed by atoms with E-state index < -0.39 is 11.4 Å². The maximum atomic E-state index is 13.7. The molecule has 0 saturated carbocycles.